The molecule has 8 heteroatoms. The zero-order valence-corrected chi connectivity index (χ0v) is 16.4. The Bertz CT molecular complexity index is 886. The number of ether oxygens (including phenoxy) is 3. The van der Waals surface area contributed by atoms with Crippen LogP contribution in [0.3, 0.4) is 0 Å². The van der Waals surface area contributed by atoms with Gasteiger partial charge in [-0.15, -0.1) is 0 Å². The Kier molecular flexibility index (Phi) is 8.02. The molecule has 0 aliphatic heterocycles. The van der Waals surface area contributed by atoms with Gasteiger partial charge in [-0.25, -0.2) is 4.39 Å². The molecule has 0 heterocycles. The number of hydrogen-bond donors (Lipinski definition) is 2. The summed E-state index contributed by atoms with van der Waals surface area (Å²) in [5.74, 6) is 1.17. The van der Waals surface area contributed by atoms with E-state index in [-0.39, 0.29) is 24.9 Å². The number of rotatable bonds is 10. The number of anilines is 1. The Morgan fingerprint density at radius 2 is 2.00 bits per heavy atom. The predicted molar refractivity (Wildman–Crippen MR) is 109 cm³/mol. The van der Waals surface area contributed by atoms with Crippen molar-refractivity contribution < 1.29 is 23.4 Å². The Morgan fingerprint density at radius 1 is 1.24 bits per heavy atom. The molecule has 0 radical (unpaired) electrons. The number of nitrogens with one attached hydrogen (secondary N) is 1. The molecule has 0 unspecified atom stereocenters. The highest BCUT2D eigenvalue weighted by Crippen LogP contribution is 2.33. The highest BCUT2D eigenvalue weighted by molar-refractivity contribution is 5.93. The third kappa shape index (κ3) is 5.97. The molecule has 2 rings (SSSR count). The molecule has 154 valence electrons. The van der Waals surface area contributed by atoms with E-state index in [0.717, 1.165) is 6.21 Å². The zero-order valence-electron chi connectivity index (χ0n) is 16.4. The number of carbonyl (C=O) groups excluding carboxylic acids is 1. The van der Waals surface area contributed by atoms with E-state index < -0.39 is 6.67 Å². The van der Waals surface area contributed by atoms with Gasteiger partial charge in [-0.05, 0) is 30.3 Å². The molecule has 0 fully saturated rings. The molecule has 3 N–H and O–H groups in total. The van der Waals surface area contributed by atoms with Gasteiger partial charge in [-0.3, -0.25) is 4.79 Å². The molecule has 0 saturated heterocycles. The van der Waals surface area contributed by atoms with Crippen LogP contribution in [0.4, 0.5) is 10.1 Å². The maximum atomic E-state index is 12.6. The molecule has 29 heavy (non-hydrogen) atoms. The van der Waals surface area contributed by atoms with E-state index in [4.69, 9.17) is 25.4 Å². The number of amides is 1. The summed E-state index contributed by atoms with van der Waals surface area (Å²) in [6, 6.07) is 12.0. The van der Waals surface area contributed by atoms with Crippen LogP contribution in [-0.4, -0.2) is 32.5 Å². The van der Waals surface area contributed by atoms with Crippen molar-refractivity contribution in [3.63, 3.8) is 0 Å². The first-order valence-electron chi connectivity index (χ1n) is 8.87. The second-order valence-corrected chi connectivity index (χ2v) is 5.92. The lowest BCUT2D eigenvalue weighted by molar-refractivity contribution is -0.116. The Hall–Kier alpha value is -3.55. The van der Waals surface area contributed by atoms with Gasteiger partial charge in [0.1, 0.15) is 24.8 Å². The molecular weight excluding hydrogens is 377 g/mol. The van der Waals surface area contributed by atoms with Crippen LogP contribution in [0.1, 0.15) is 12.5 Å². The van der Waals surface area contributed by atoms with E-state index >= 15 is 0 Å². The SMILES string of the molecule is COc1ccc(OCCF)c(CN(C(C)=O)c2ccccc2O/C(N)=C/C=N)c1. The second kappa shape index (κ2) is 10.7. The zero-order chi connectivity index (χ0) is 21.2. The van der Waals surface area contributed by atoms with Gasteiger partial charge in [-0.1, -0.05) is 12.1 Å². The van der Waals surface area contributed by atoms with E-state index in [1.54, 1.807) is 42.5 Å². The number of nitrogens with two attached hydrogens (primary N) is 1. The summed E-state index contributed by atoms with van der Waals surface area (Å²) in [7, 11) is 1.53. The minimum absolute atomic E-state index is 0.0179. The van der Waals surface area contributed by atoms with Crippen LogP contribution >= 0.6 is 0 Å². The van der Waals surface area contributed by atoms with Crippen molar-refractivity contribution in [2.75, 3.05) is 25.3 Å². The first kappa shape index (κ1) is 21.7. The lowest BCUT2D eigenvalue weighted by Gasteiger charge is -2.25. The first-order chi connectivity index (χ1) is 14.0. The third-order valence-electron chi connectivity index (χ3n) is 3.94. The number of hydrogen-bond acceptors (Lipinski definition) is 6. The molecule has 1 amide bonds. The maximum Gasteiger partial charge on any atom is 0.224 e. The largest absolute Gasteiger partial charge is 0.497 e. The van der Waals surface area contributed by atoms with E-state index in [1.165, 1.54) is 25.0 Å². The number of benzene rings is 2. The van der Waals surface area contributed by atoms with Crippen LogP contribution in [0, 0.1) is 5.41 Å². The highest BCUT2D eigenvalue weighted by atomic mass is 19.1. The highest BCUT2D eigenvalue weighted by Gasteiger charge is 2.19. The predicted octanol–water partition coefficient (Wildman–Crippen LogP) is 3.43. The van der Waals surface area contributed by atoms with Gasteiger partial charge in [0.25, 0.3) is 0 Å². The summed E-state index contributed by atoms with van der Waals surface area (Å²) in [6.07, 6.45) is 2.30. The van der Waals surface area contributed by atoms with Crippen molar-refractivity contribution >= 4 is 17.8 Å². The quantitative estimate of drug-likeness (QED) is 0.470. The molecule has 7 nitrogen and oxygen atoms in total. The fourth-order valence-corrected chi connectivity index (χ4v) is 2.64. The molecule has 0 aliphatic carbocycles. The van der Waals surface area contributed by atoms with Crippen LogP contribution < -0.4 is 24.8 Å². The third-order valence-corrected chi connectivity index (χ3v) is 3.94. The molecule has 0 aromatic heterocycles. The van der Waals surface area contributed by atoms with Crippen molar-refractivity contribution in [2.24, 2.45) is 5.73 Å². The second-order valence-electron chi connectivity index (χ2n) is 5.92. The topological polar surface area (TPSA) is 97.9 Å². The Balaban J connectivity index is 2.43. The smallest absolute Gasteiger partial charge is 0.224 e. The fourth-order valence-electron chi connectivity index (χ4n) is 2.64. The standard InChI is InChI=1S/C21H24FN3O4/c1-15(26)25(18-5-3-4-6-20(18)29-21(24)9-11-23)14-16-13-17(27-2)7-8-19(16)28-12-10-22/h3-9,11,13,23H,10,12,14,24H2,1-2H3/b21-9+,23-11?. The number of nitrogens with zero attached hydrogens (tertiary/aromatic N) is 1. The van der Waals surface area contributed by atoms with Crippen LogP contribution in [0.2, 0.25) is 0 Å². The monoisotopic (exact) mass is 401 g/mol. The fraction of sp³-hybridized carbons (Fsp3) is 0.238. The molecule has 0 spiro atoms. The van der Waals surface area contributed by atoms with Gasteiger partial charge in [0, 0.05) is 24.8 Å². The van der Waals surface area contributed by atoms with Gasteiger partial charge in [0.05, 0.1) is 19.3 Å². The number of carbonyl (C=O) groups is 1. The van der Waals surface area contributed by atoms with Crippen molar-refractivity contribution in [2.45, 2.75) is 13.5 Å². The van der Waals surface area contributed by atoms with Crippen molar-refractivity contribution in [3.05, 3.63) is 60.0 Å². The molecule has 0 atom stereocenters. The summed E-state index contributed by atoms with van der Waals surface area (Å²) in [4.78, 5) is 13.9. The van der Waals surface area contributed by atoms with Gasteiger partial charge in [-0.2, -0.15) is 0 Å². The molecule has 0 aliphatic rings. The minimum atomic E-state index is -0.628. The average molecular weight is 401 g/mol. The summed E-state index contributed by atoms with van der Waals surface area (Å²) in [6.45, 7) is 0.847. The van der Waals surface area contributed by atoms with Crippen molar-refractivity contribution in [1.29, 1.82) is 5.41 Å². The van der Waals surface area contributed by atoms with Crippen LogP contribution in [-0.2, 0) is 11.3 Å². The molecular formula is C21H24FN3O4. The normalized spacial score (nSPS) is 10.9. The minimum Gasteiger partial charge on any atom is -0.497 e. The summed E-state index contributed by atoms with van der Waals surface area (Å²) >= 11 is 0. The number of para-hydroxylation sites is 2. The van der Waals surface area contributed by atoms with E-state index in [0.29, 0.717) is 28.5 Å². The molecule has 2 aromatic rings. The van der Waals surface area contributed by atoms with Gasteiger partial charge in [0.15, 0.2) is 11.6 Å². The number of alkyl halides is 1. The van der Waals surface area contributed by atoms with Crippen LogP contribution in [0.15, 0.2) is 54.4 Å². The lowest BCUT2D eigenvalue weighted by Crippen LogP contribution is -2.28. The lowest BCUT2D eigenvalue weighted by atomic mass is 10.1. The van der Waals surface area contributed by atoms with Gasteiger partial charge < -0.3 is 30.3 Å². The summed E-state index contributed by atoms with van der Waals surface area (Å²) in [5, 5.41) is 7.09. The van der Waals surface area contributed by atoms with E-state index in [2.05, 4.69) is 0 Å². The summed E-state index contributed by atoms with van der Waals surface area (Å²) in [5.41, 5.74) is 6.87. The first-order valence-corrected chi connectivity index (χ1v) is 8.87. The van der Waals surface area contributed by atoms with Crippen molar-refractivity contribution in [3.8, 4) is 17.2 Å². The average Bonchev–Trinajstić information content (AvgIpc) is 2.71. The van der Waals surface area contributed by atoms with Crippen molar-refractivity contribution in [1.82, 2.24) is 0 Å². The van der Waals surface area contributed by atoms with E-state index in [9.17, 15) is 9.18 Å². The molecule has 2 aromatic carbocycles. The number of halogens is 1. The maximum absolute atomic E-state index is 12.6. The number of methoxy groups -OCH3 is 1. The van der Waals surface area contributed by atoms with E-state index in [1.807, 2.05) is 0 Å². The Labute approximate surface area is 169 Å². The number of allylic oxidation sites excluding steroid dienone is 1. The molecule has 0 saturated carbocycles. The van der Waals surface area contributed by atoms with Crippen LogP contribution in [0.25, 0.3) is 0 Å². The Morgan fingerprint density at radius 3 is 2.66 bits per heavy atom. The summed E-state index contributed by atoms with van der Waals surface area (Å²) < 4.78 is 28.9. The van der Waals surface area contributed by atoms with Gasteiger partial charge >= 0.3 is 0 Å². The van der Waals surface area contributed by atoms with Crippen LogP contribution in [0.5, 0.6) is 17.2 Å². The van der Waals surface area contributed by atoms with Gasteiger partial charge in [0.2, 0.25) is 5.91 Å². The molecule has 0 bridgehead atoms.